The van der Waals surface area contributed by atoms with E-state index >= 15 is 0 Å². The van der Waals surface area contributed by atoms with E-state index in [1.807, 2.05) is 19.1 Å². The fraction of sp³-hybridized carbons (Fsp3) is 0.333. The largest absolute Gasteiger partial charge is 0.122 e. The Labute approximate surface area is 87.4 Å². The van der Waals surface area contributed by atoms with Crippen LogP contribution in [-0.2, 0) is 11.8 Å². The third-order valence-electron chi connectivity index (χ3n) is 1.69. The maximum absolute atomic E-state index is 5.99. The Morgan fingerprint density at radius 3 is 2.33 bits per heavy atom. The van der Waals surface area contributed by atoms with E-state index in [1.165, 1.54) is 0 Å². The van der Waals surface area contributed by atoms with Gasteiger partial charge >= 0.3 is 0 Å². The summed E-state index contributed by atoms with van der Waals surface area (Å²) in [5.41, 5.74) is 3.05. The summed E-state index contributed by atoms with van der Waals surface area (Å²) in [5, 5.41) is 0.749. The Morgan fingerprint density at radius 1 is 1.17 bits per heavy atom. The normalized spacial score (nSPS) is 10.3. The van der Waals surface area contributed by atoms with Crippen LogP contribution in [0, 0.1) is 6.92 Å². The molecule has 1 aromatic carbocycles. The van der Waals surface area contributed by atoms with Crippen LogP contribution in [0.4, 0.5) is 0 Å². The number of alkyl halides is 2. The summed E-state index contributed by atoms with van der Waals surface area (Å²) < 4.78 is 0. The first-order chi connectivity index (χ1) is 5.69. The molecule has 0 radical (unpaired) electrons. The zero-order chi connectivity index (χ0) is 9.14. The predicted octanol–water partition coefficient (Wildman–Crippen LogP) is 4.13. The molecule has 0 aliphatic carbocycles. The summed E-state index contributed by atoms with van der Waals surface area (Å²) in [5.74, 6) is 0.937. The molecule has 0 fully saturated rings. The number of rotatable bonds is 2. The lowest BCUT2D eigenvalue weighted by Gasteiger charge is -2.06. The van der Waals surface area contributed by atoms with Gasteiger partial charge in [0.05, 0.1) is 0 Å². The van der Waals surface area contributed by atoms with Crippen molar-refractivity contribution in [3.05, 3.63) is 33.8 Å². The highest BCUT2D eigenvalue weighted by Gasteiger charge is 2.04. The molecule has 0 saturated carbocycles. The molecular formula is C9H9Cl3. The van der Waals surface area contributed by atoms with Gasteiger partial charge in [-0.15, -0.1) is 23.2 Å². The molecular weight excluding hydrogens is 214 g/mol. The second-order valence-electron chi connectivity index (χ2n) is 2.65. The molecule has 0 N–H and O–H groups in total. The lowest BCUT2D eigenvalue weighted by Crippen LogP contribution is -1.88. The summed E-state index contributed by atoms with van der Waals surface area (Å²) in [6, 6.07) is 3.92. The van der Waals surface area contributed by atoms with Gasteiger partial charge in [-0.05, 0) is 23.6 Å². The Morgan fingerprint density at radius 2 is 1.83 bits per heavy atom. The molecule has 0 amide bonds. The Kier molecular flexibility index (Phi) is 3.70. The van der Waals surface area contributed by atoms with Crippen molar-refractivity contribution >= 4 is 34.8 Å². The first-order valence-electron chi connectivity index (χ1n) is 3.59. The van der Waals surface area contributed by atoms with E-state index in [2.05, 4.69) is 0 Å². The fourth-order valence-corrected chi connectivity index (χ4v) is 1.71. The lowest BCUT2D eigenvalue weighted by molar-refractivity contribution is 1.27. The van der Waals surface area contributed by atoms with Crippen LogP contribution >= 0.6 is 34.8 Å². The van der Waals surface area contributed by atoms with E-state index in [4.69, 9.17) is 34.8 Å². The minimum atomic E-state index is 0.435. The number of benzene rings is 1. The first-order valence-corrected chi connectivity index (χ1v) is 5.03. The molecule has 0 saturated heterocycles. The minimum absolute atomic E-state index is 0.435. The van der Waals surface area contributed by atoms with Crippen molar-refractivity contribution in [1.82, 2.24) is 0 Å². The van der Waals surface area contributed by atoms with Gasteiger partial charge in [0.15, 0.2) is 0 Å². The van der Waals surface area contributed by atoms with Crippen LogP contribution in [0.1, 0.15) is 16.7 Å². The maximum Gasteiger partial charge on any atom is 0.0489 e. The van der Waals surface area contributed by atoms with Crippen LogP contribution in [0.5, 0.6) is 0 Å². The zero-order valence-corrected chi connectivity index (χ0v) is 8.97. The number of halogens is 3. The topological polar surface area (TPSA) is 0 Å². The van der Waals surface area contributed by atoms with Gasteiger partial charge < -0.3 is 0 Å². The van der Waals surface area contributed by atoms with E-state index in [1.54, 1.807) is 0 Å². The van der Waals surface area contributed by atoms with Crippen LogP contribution in [0.2, 0.25) is 5.02 Å². The van der Waals surface area contributed by atoms with Gasteiger partial charge in [-0.25, -0.2) is 0 Å². The van der Waals surface area contributed by atoms with Crippen molar-refractivity contribution in [3.63, 3.8) is 0 Å². The number of hydrogen-bond donors (Lipinski definition) is 0. The SMILES string of the molecule is Cc1cc(CCl)cc(CCl)c1Cl. The van der Waals surface area contributed by atoms with Crippen LogP contribution in [0.15, 0.2) is 12.1 Å². The highest BCUT2D eigenvalue weighted by atomic mass is 35.5. The third-order valence-corrected chi connectivity index (χ3v) is 2.83. The third kappa shape index (κ3) is 2.07. The van der Waals surface area contributed by atoms with Crippen molar-refractivity contribution in [2.24, 2.45) is 0 Å². The summed E-state index contributed by atoms with van der Waals surface area (Å²) >= 11 is 17.4. The summed E-state index contributed by atoms with van der Waals surface area (Å²) in [6.45, 7) is 1.95. The van der Waals surface area contributed by atoms with Gasteiger partial charge in [-0.2, -0.15) is 0 Å². The van der Waals surface area contributed by atoms with Crippen molar-refractivity contribution in [1.29, 1.82) is 0 Å². The van der Waals surface area contributed by atoms with Crippen molar-refractivity contribution in [3.8, 4) is 0 Å². The predicted molar refractivity (Wildman–Crippen MR) is 55.3 cm³/mol. The van der Waals surface area contributed by atoms with Crippen molar-refractivity contribution in [2.75, 3.05) is 0 Å². The van der Waals surface area contributed by atoms with E-state index < -0.39 is 0 Å². The maximum atomic E-state index is 5.99. The minimum Gasteiger partial charge on any atom is -0.122 e. The number of aryl methyl sites for hydroxylation is 1. The molecule has 3 heteroatoms. The molecule has 0 nitrogen and oxygen atoms in total. The molecule has 0 aliphatic heterocycles. The van der Waals surface area contributed by atoms with Gasteiger partial charge in [-0.1, -0.05) is 23.7 Å². The van der Waals surface area contributed by atoms with Crippen LogP contribution in [-0.4, -0.2) is 0 Å². The molecule has 0 spiro atoms. The summed E-state index contributed by atoms with van der Waals surface area (Å²) in [6.07, 6.45) is 0. The van der Waals surface area contributed by atoms with Gasteiger partial charge in [0.1, 0.15) is 0 Å². The van der Waals surface area contributed by atoms with Crippen LogP contribution in [0.25, 0.3) is 0 Å². The smallest absolute Gasteiger partial charge is 0.0489 e. The highest BCUT2D eigenvalue weighted by molar-refractivity contribution is 6.33. The summed E-state index contributed by atoms with van der Waals surface area (Å²) in [4.78, 5) is 0. The lowest BCUT2D eigenvalue weighted by atomic mass is 10.1. The van der Waals surface area contributed by atoms with Crippen molar-refractivity contribution in [2.45, 2.75) is 18.7 Å². The molecule has 12 heavy (non-hydrogen) atoms. The second kappa shape index (κ2) is 4.36. The zero-order valence-electron chi connectivity index (χ0n) is 6.70. The molecule has 0 heterocycles. The Balaban J connectivity index is 3.19. The molecule has 1 aromatic rings. The van der Waals surface area contributed by atoms with Crippen molar-refractivity contribution < 1.29 is 0 Å². The standard InChI is InChI=1S/C9H9Cl3/c1-6-2-7(4-10)3-8(5-11)9(6)12/h2-3H,4-5H2,1H3. The molecule has 0 unspecified atom stereocenters. The fourth-order valence-electron chi connectivity index (χ4n) is 1.10. The van der Waals surface area contributed by atoms with E-state index in [-0.39, 0.29) is 0 Å². The number of hydrogen-bond acceptors (Lipinski definition) is 0. The van der Waals surface area contributed by atoms with Crippen LogP contribution in [0.3, 0.4) is 0 Å². The second-order valence-corrected chi connectivity index (χ2v) is 3.57. The molecule has 0 atom stereocenters. The van der Waals surface area contributed by atoms with E-state index in [0.717, 1.165) is 21.7 Å². The average Bonchev–Trinajstić information content (AvgIpc) is 2.09. The quantitative estimate of drug-likeness (QED) is 0.662. The first kappa shape index (κ1) is 10.2. The highest BCUT2D eigenvalue weighted by Crippen LogP contribution is 2.24. The average molecular weight is 224 g/mol. The summed E-state index contributed by atoms with van der Waals surface area (Å²) in [7, 11) is 0. The Bertz CT molecular complexity index is 281. The molecule has 1 rings (SSSR count). The molecule has 66 valence electrons. The van der Waals surface area contributed by atoms with Gasteiger partial charge in [0, 0.05) is 16.8 Å². The Hall–Kier alpha value is 0.0900. The van der Waals surface area contributed by atoms with Gasteiger partial charge in [0.25, 0.3) is 0 Å². The van der Waals surface area contributed by atoms with E-state index in [9.17, 15) is 0 Å². The van der Waals surface area contributed by atoms with E-state index in [0.29, 0.717) is 11.8 Å². The molecule has 0 bridgehead atoms. The molecule has 0 aliphatic rings. The van der Waals surface area contributed by atoms with Crippen LogP contribution < -0.4 is 0 Å². The molecule has 0 aromatic heterocycles. The monoisotopic (exact) mass is 222 g/mol. The van der Waals surface area contributed by atoms with Gasteiger partial charge in [-0.3, -0.25) is 0 Å². The van der Waals surface area contributed by atoms with Gasteiger partial charge in [0.2, 0.25) is 0 Å².